The number of nitrogens with one attached hydrogen (secondary N) is 4. The maximum absolute atomic E-state index is 12.8. The van der Waals surface area contributed by atoms with Crippen LogP contribution in [0.1, 0.15) is 26.8 Å². The minimum atomic E-state index is -0.938. The fraction of sp³-hybridized carbons (Fsp3) is 0.400. The molecule has 1 atom stereocenters. The number of carbonyl (C=O) groups excluding carboxylic acids is 4. The van der Waals surface area contributed by atoms with Crippen LogP contribution in [0.4, 0.5) is 5.82 Å². The molecule has 0 fully saturated rings. The number of amides is 4. The summed E-state index contributed by atoms with van der Waals surface area (Å²) in [5.41, 5.74) is 0.909. The van der Waals surface area contributed by atoms with E-state index in [1.165, 1.54) is 36.7 Å². The largest absolute Gasteiger partial charge is 0.359 e. The topological polar surface area (TPSA) is 145 Å². The van der Waals surface area contributed by atoms with Gasteiger partial charge < -0.3 is 26.2 Å². The van der Waals surface area contributed by atoms with E-state index in [-0.39, 0.29) is 24.7 Å². The third kappa shape index (κ3) is 6.94. The average Bonchev–Trinajstić information content (AvgIpc) is 3.22. The number of thiazole rings is 1. The number of rotatable bonds is 7. The van der Waals surface area contributed by atoms with Crippen molar-refractivity contribution in [2.75, 3.05) is 32.5 Å². The summed E-state index contributed by atoms with van der Waals surface area (Å²) >= 11 is 7.06. The smallest absolute Gasteiger partial charge is 0.314 e. The Morgan fingerprint density at radius 1 is 1.24 bits per heavy atom. The molecule has 0 aromatic carbocycles. The van der Waals surface area contributed by atoms with Crippen molar-refractivity contribution in [1.29, 1.82) is 0 Å². The first-order chi connectivity index (χ1) is 15.7. The molecule has 1 unspecified atom stereocenters. The van der Waals surface area contributed by atoms with Gasteiger partial charge in [0.2, 0.25) is 5.91 Å². The second kappa shape index (κ2) is 11.2. The van der Waals surface area contributed by atoms with Gasteiger partial charge in [0.15, 0.2) is 5.01 Å². The zero-order valence-corrected chi connectivity index (χ0v) is 19.7. The lowest BCUT2D eigenvalue weighted by molar-refractivity contribution is -0.136. The van der Waals surface area contributed by atoms with Crippen LogP contribution in [0.5, 0.6) is 0 Å². The Kier molecular flexibility index (Phi) is 8.31. The molecule has 11 nitrogen and oxygen atoms in total. The van der Waals surface area contributed by atoms with Gasteiger partial charge in [-0.2, -0.15) is 0 Å². The number of hydrogen-bond donors (Lipinski definition) is 4. The number of hydrogen-bond acceptors (Lipinski definition) is 8. The highest BCUT2D eigenvalue weighted by Gasteiger charge is 2.25. The highest BCUT2D eigenvalue weighted by Crippen LogP contribution is 2.24. The fourth-order valence-electron chi connectivity index (χ4n) is 3.09. The minimum Gasteiger partial charge on any atom is -0.359 e. The number of fused-ring (bicyclic) bond motifs is 1. The number of nitrogens with zero attached hydrogens (tertiary/aromatic N) is 3. The Labute approximate surface area is 199 Å². The van der Waals surface area contributed by atoms with Crippen LogP contribution in [-0.2, 0) is 27.3 Å². The summed E-state index contributed by atoms with van der Waals surface area (Å²) in [6, 6.07) is 2.23. The van der Waals surface area contributed by atoms with Crippen LogP contribution in [0.3, 0.4) is 0 Å². The molecule has 0 radical (unpaired) electrons. The second-order valence-electron chi connectivity index (χ2n) is 7.45. The highest BCUT2D eigenvalue weighted by molar-refractivity contribution is 7.13. The first-order valence-corrected chi connectivity index (χ1v) is 11.3. The van der Waals surface area contributed by atoms with Gasteiger partial charge >= 0.3 is 11.8 Å². The van der Waals surface area contributed by atoms with Crippen LogP contribution < -0.4 is 21.3 Å². The first-order valence-electron chi connectivity index (χ1n) is 10.1. The summed E-state index contributed by atoms with van der Waals surface area (Å²) in [4.78, 5) is 60.4. The lowest BCUT2D eigenvalue weighted by atomic mass is 10.2. The highest BCUT2D eigenvalue weighted by atomic mass is 35.5. The molecule has 176 valence electrons. The van der Waals surface area contributed by atoms with Gasteiger partial charge in [0.1, 0.15) is 5.82 Å². The first kappa shape index (κ1) is 24.6. The van der Waals surface area contributed by atoms with Gasteiger partial charge in [-0.05, 0) is 19.2 Å². The number of carbonyl (C=O) groups is 4. The number of aromatic nitrogens is 2. The summed E-state index contributed by atoms with van der Waals surface area (Å²) in [6.07, 6.45) is 2.01. The van der Waals surface area contributed by atoms with Gasteiger partial charge in [-0.3, -0.25) is 19.2 Å². The Morgan fingerprint density at radius 2 is 2.03 bits per heavy atom. The van der Waals surface area contributed by atoms with Crippen LogP contribution in [-0.4, -0.2) is 71.7 Å². The lowest BCUT2D eigenvalue weighted by Crippen LogP contribution is -2.48. The minimum absolute atomic E-state index is 0.0866. The van der Waals surface area contributed by atoms with E-state index in [4.69, 9.17) is 11.6 Å². The van der Waals surface area contributed by atoms with Crippen molar-refractivity contribution in [2.45, 2.75) is 25.4 Å². The average molecular weight is 494 g/mol. The van der Waals surface area contributed by atoms with Crippen molar-refractivity contribution in [3.63, 3.8) is 0 Å². The van der Waals surface area contributed by atoms with E-state index in [1.54, 1.807) is 0 Å². The molecule has 0 spiro atoms. The fourth-order valence-corrected chi connectivity index (χ4v) is 4.29. The molecule has 4 N–H and O–H groups in total. The van der Waals surface area contributed by atoms with Crippen molar-refractivity contribution in [3.05, 3.63) is 38.9 Å². The molecule has 0 saturated carbocycles. The lowest BCUT2D eigenvalue weighted by Gasteiger charge is -2.20. The third-order valence-corrected chi connectivity index (χ3v) is 6.15. The molecule has 0 saturated heterocycles. The Hall–Kier alpha value is -3.09. The zero-order chi connectivity index (χ0) is 24.0. The number of pyridine rings is 1. The van der Waals surface area contributed by atoms with Crippen LogP contribution in [0.15, 0.2) is 18.3 Å². The van der Waals surface area contributed by atoms with Gasteiger partial charge in [-0.1, -0.05) is 11.6 Å². The van der Waals surface area contributed by atoms with Gasteiger partial charge in [-0.15, -0.1) is 11.3 Å². The van der Waals surface area contributed by atoms with E-state index in [1.807, 2.05) is 7.05 Å². The van der Waals surface area contributed by atoms with E-state index in [2.05, 4.69) is 36.1 Å². The van der Waals surface area contributed by atoms with Gasteiger partial charge in [-0.25, -0.2) is 9.97 Å². The zero-order valence-electron chi connectivity index (χ0n) is 18.1. The van der Waals surface area contributed by atoms with Gasteiger partial charge in [0.25, 0.3) is 5.91 Å². The monoisotopic (exact) mass is 493 g/mol. The molecular weight excluding hydrogens is 470 g/mol. The molecule has 2 aromatic heterocycles. The quantitative estimate of drug-likeness (QED) is 0.402. The molecule has 2 aromatic rings. The summed E-state index contributed by atoms with van der Waals surface area (Å²) in [5.74, 6) is -2.48. The van der Waals surface area contributed by atoms with Crippen molar-refractivity contribution >= 4 is 52.4 Å². The maximum Gasteiger partial charge on any atom is 0.314 e. The summed E-state index contributed by atoms with van der Waals surface area (Å²) in [6.45, 7) is 1.47. The van der Waals surface area contributed by atoms with Crippen LogP contribution >= 0.6 is 22.9 Å². The molecule has 13 heteroatoms. The van der Waals surface area contributed by atoms with Gasteiger partial charge in [0.05, 0.1) is 16.8 Å². The van der Waals surface area contributed by atoms with E-state index in [0.29, 0.717) is 10.0 Å². The molecule has 3 rings (SSSR count). The van der Waals surface area contributed by atoms with E-state index in [0.717, 1.165) is 30.1 Å². The number of halogens is 1. The summed E-state index contributed by atoms with van der Waals surface area (Å²) in [7, 11) is 3.47. The Morgan fingerprint density at radius 3 is 2.73 bits per heavy atom. The molecule has 33 heavy (non-hydrogen) atoms. The van der Waals surface area contributed by atoms with Crippen molar-refractivity contribution in [1.82, 2.24) is 30.8 Å². The van der Waals surface area contributed by atoms with Crippen LogP contribution in [0.25, 0.3) is 0 Å². The standard InChI is InChI=1S/C20H24ClN7O4S/c1-22-16(29)7-12(9-24-17(30)18(31)27-15-4-3-11(21)8-23-15)25-19(32)20-26-13-5-6-28(2)10-14(13)33-20/h3-4,8,12H,5-7,9-10H2,1-2H3,(H,22,29)(H,24,30)(H,25,32)(H,23,27,31). The predicted octanol–water partition coefficient (Wildman–Crippen LogP) is 0.169. The SMILES string of the molecule is CNC(=O)CC(CNC(=O)C(=O)Nc1ccc(Cl)cn1)NC(=O)c1nc2c(s1)CN(C)CC2. The molecule has 0 aliphatic carbocycles. The third-order valence-electron chi connectivity index (χ3n) is 4.85. The van der Waals surface area contributed by atoms with E-state index < -0.39 is 23.8 Å². The summed E-state index contributed by atoms with van der Waals surface area (Å²) in [5, 5.41) is 10.7. The number of anilines is 1. The van der Waals surface area contributed by atoms with Crippen molar-refractivity contribution in [3.8, 4) is 0 Å². The molecule has 0 bridgehead atoms. The maximum atomic E-state index is 12.8. The Bertz CT molecular complexity index is 1040. The van der Waals surface area contributed by atoms with E-state index >= 15 is 0 Å². The molecule has 1 aliphatic rings. The molecule has 4 amide bonds. The normalized spacial score (nSPS) is 14.0. The van der Waals surface area contributed by atoms with Crippen LogP contribution in [0, 0.1) is 0 Å². The predicted molar refractivity (Wildman–Crippen MR) is 123 cm³/mol. The van der Waals surface area contributed by atoms with Crippen molar-refractivity contribution in [2.24, 2.45) is 0 Å². The summed E-state index contributed by atoms with van der Waals surface area (Å²) < 4.78 is 0. The van der Waals surface area contributed by atoms with Gasteiger partial charge in [0, 0.05) is 50.6 Å². The van der Waals surface area contributed by atoms with E-state index in [9.17, 15) is 19.2 Å². The van der Waals surface area contributed by atoms with Crippen LogP contribution in [0.2, 0.25) is 5.02 Å². The molecular formula is C20H24ClN7O4S. The second-order valence-corrected chi connectivity index (χ2v) is 8.97. The molecule has 3 heterocycles. The molecule has 1 aliphatic heterocycles. The Balaban J connectivity index is 1.59. The number of likely N-dealkylation sites (N-methyl/N-ethyl adjacent to an activating group) is 1. The van der Waals surface area contributed by atoms with Crippen molar-refractivity contribution < 1.29 is 19.2 Å².